The van der Waals surface area contributed by atoms with Gasteiger partial charge in [0, 0.05) is 41.0 Å². The van der Waals surface area contributed by atoms with Gasteiger partial charge >= 0.3 is 6.03 Å². The third kappa shape index (κ3) is 4.09. The van der Waals surface area contributed by atoms with Crippen LogP contribution in [0.25, 0.3) is 21.9 Å². The molecule has 2 aliphatic rings. The molecule has 1 saturated carbocycles. The molecular weight excluding hydrogens is 486 g/mol. The van der Waals surface area contributed by atoms with Gasteiger partial charge in [-0.05, 0) is 48.2 Å². The minimum absolute atomic E-state index is 0.0366. The van der Waals surface area contributed by atoms with Gasteiger partial charge in [0.25, 0.3) is 11.8 Å². The number of nitrogens with one attached hydrogen (secondary N) is 3. The fourth-order valence-electron chi connectivity index (χ4n) is 4.79. The summed E-state index contributed by atoms with van der Waals surface area (Å²) in [6.07, 6.45) is 6.92. The molecule has 0 bridgehead atoms. The molecule has 10 heteroatoms. The Morgan fingerprint density at radius 1 is 1.13 bits per heavy atom. The maximum Gasteiger partial charge on any atom is 0.322 e. The van der Waals surface area contributed by atoms with E-state index >= 15 is 0 Å². The number of nitrogens with zero attached hydrogens (tertiary/aromatic N) is 2. The first kappa shape index (κ1) is 23.5. The van der Waals surface area contributed by atoms with Crippen LogP contribution < -0.4 is 20.7 Å². The van der Waals surface area contributed by atoms with Crippen LogP contribution >= 0.6 is 0 Å². The van der Waals surface area contributed by atoms with Crippen molar-refractivity contribution >= 4 is 28.6 Å². The Balaban J connectivity index is 1.33. The van der Waals surface area contributed by atoms with Crippen LogP contribution in [0.5, 0.6) is 11.6 Å². The predicted molar refractivity (Wildman–Crippen MR) is 139 cm³/mol. The maximum absolute atomic E-state index is 13.1. The molecule has 2 aromatic heterocycles. The number of fused-ring (bicyclic) bond motifs is 1. The molecule has 10 nitrogen and oxygen atoms in total. The number of carbonyl (C=O) groups is 3. The number of carbonyl (C=O) groups excluding carboxylic acids is 3. The largest absolute Gasteiger partial charge is 0.497 e. The fraction of sp³-hybridized carbons (Fsp3) is 0.214. The van der Waals surface area contributed by atoms with Crippen molar-refractivity contribution in [3.05, 3.63) is 78.2 Å². The van der Waals surface area contributed by atoms with Crippen molar-refractivity contribution in [2.75, 3.05) is 7.11 Å². The summed E-state index contributed by atoms with van der Waals surface area (Å²) in [4.78, 5) is 42.1. The van der Waals surface area contributed by atoms with Crippen LogP contribution in [0, 0.1) is 0 Å². The number of pyridine rings is 1. The third-order valence-corrected chi connectivity index (χ3v) is 7.04. The Morgan fingerprint density at radius 2 is 1.92 bits per heavy atom. The highest BCUT2D eigenvalue weighted by Crippen LogP contribution is 2.35. The summed E-state index contributed by atoms with van der Waals surface area (Å²) < 4.78 is 6.80. The summed E-state index contributed by atoms with van der Waals surface area (Å²) in [7, 11) is 1.54. The van der Waals surface area contributed by atoms with Crippen molar-refractivity contribution in [1.29, 1.82) is 0 Å². The molecule has 6 rings (SSSR count). The molecular formula is C28H25N5O5. The SMILES string of the molecule is COc1ccc2cn(C[C@@]3(c4ccc(-c5cncc(C(=O)NC6CC6)c5)cc4)NC(=O)NC3=O)c(O)c2c1. The van der Waals surface area contributed by atoms with Gasteiger partial charge in [0.1, 0.15) is 5.75 Å². The minimum atomic E-state index is -1.45. The van der Waals surface area contributed by atoms with E-state index in [2.05, 4.69) is 20.9 Å². The molecule has 4 aromatic rings. The second kappa shape index (κ2) is 8.91. The Morgan fingerprint density at radius 3 is 2.61 bits per heavy atom. The van der Waals surface area contributed by atoms with Gasteiger partial charge in [0.05, 0.1) is 19.2 Å². The number of methoxy groups -OCH3 is 1. The molecule has 2 aromatic carbocycles. The number of hydrogen-bond acceptors (Lipinski definition) is 6. The molecule has 4 N–H and O–H groups in total. The van der Waals surface area contributed by atoms with E-state index in [1.807, 2.05) is 18.2 Å². The molecule has 38 heavy (non-hydrogen) atoms. The lowest BCUT2D eigenvalue weighted by Crippen LogP contribution is -2.47. The Kier molecular flexibility index (Phi) is 5.52. The molecule has 0 unspecified atom stereocenters. The number of urea groups is 1. The zero-order valence-corrected chi connectivity index (χ0v) is 20.5. The monoisotopic (exact) mass is 511 g/mol. The zero-order chi connectivity index (χ0) is 26.4. The number of amides is 4. The second-order valence-electron chi connectivity index (χ2n) is 9.63. The quantitative estimate of drug-likeness (QED) is 0.282. The Bertz CT molecular complexity index is 1590. The summed E-state index contributed by atoms with van der Waals surface area (Å²) in [5, 5.41) is 20.3. The molecule has 2 fully saturated rings. The molecule has 1 aliphatic carbocycles. The molecule has 1 atom stereocenters. The molecule has 3 heterocycles. The van der Waals surface area contributed by atoms with Gasteiger partial charge in [0.15, 0.2) is 11.4 Å². The summed E-state index contributed by atoms with van der Waals surface area (Å²) >= 11 is 0. The van der Waals surface area contributed by atoms with Crippen LogP contribution in [0.4, 0.5) is 4.79 Å². The van der Waals surface area contributed by atoms with E-state index in [1.165, 1.54) is 10.8 Å². The first-order valence-electron chi connectivity index (χ1n) is 12.2. The van der Waals surface area contributed by atoms with Gasteiger partial charge in [-0.3, -0.25) is 19.9 Å². The molecule has 4 amide bonds. The van der Waals surface area contributed by atoms with E-state index in [0.717, 1.165) is 29.4 Å². The highest BCUT2D eigenvalue weighted by atomic mass is 16.5. The number of ether oxygens (including phenoxy) is 1. The van der Waals surface area contributed by atoms with Crippen molar-refractivity contribution in [3.63, 3.8) is 0 Å². The lowest BCUT2D eigenvalue weighted by atomic mass is 9.88. The summed E-state index contributed by atoms with van der Waals surface area (Å²) in [6, 6.07) is 13.8. The Hall–Kier alpha value is -4.86. The van der Waals surface area contributed by atoms with Crippen molar-refractivity contribution < 1.29 is 24.2 Å². The van der Waals surface area contributed by atoms with Crippen molar-refractivity contribution in [2.45, 2.75) is 31.0 Å². The molecule has 192 valence electrons. The zero-order valence-electron chi connectivity index (χ0n) is 20.5. The van der Waals surface area contributed by atoms with Gasteiger partial charge in [-0.25, -0.2) is 4.79 Å². The van der Waals surface area contributed by atoms with Gasteiger partial charge in [0.2, 0.25) is 0 Å². The maximum atomic E-state index is 13.1. The van der Waals surface area contributed by atoms with E-state index in [0.29, 0.717) is 22.3 Å². The standard InChI is InChI=1S/C28H25N5O5/c1-38-22-9-4-17-14-33(25(35)23(17)11-22)15-28(26(36)31-27(37)32-28)20-5-2-16(3-6-20)18-10-19(13-29-12-18)24(34)30-21-7-8-21/h2-6,9-14,21,35H,7-8,15H2,1H3,(H,30,34)(H2,31,32,36,37)/t28-/m0/s1. The van der Waals surface area contributed by atoms with E-state index in [9.17, 15) is 19.5 Å². The summed E-state index contributed by atoms with van der Waals surface area (Å²) in [6.45, 7) is -0.0366. The normalized spacial score (nSPS) is 18.8. The highest BCUT2D eigenvalue weighted by Gasteiger charge is 2.48. The van der Waals surface area contributed by atoms with Crippen LogP contribution in [0.3, 0.4) is 0 Å². The van der Waals surface area contributed by atoms with Gasteiger partial charge in [-0.2, -0.15) is 0 Å². The van der Waals surface area contributed by atoms with Crippen LogP contribution in [-0.4, -0.2) is 45.7 Å². The first-order chi connectivity index (χ1) is 18.4. The predicted octanol–water partition coefficient (Wildman–Crippen LogP) is 3.04. The molecule has 1 aliphatic heterocycles. The lowest BCUT2D eigenvalue weighted by molar-refractivity contribution is -0.124. The highest BCUT2D eigenvalue weighted by molar-refractivity contribution is 6.07. The number of aromatic nitrogens is 2. The minimum Gasteiger partial charge on any atom is -0.497 e. The molecule has 0 radical (unpaired) electrons. The van der Waals surface area contributed by atoms with E-state index in [-0.39, 0.29) is 24.4 Å². The van der Waals surface area contributed by atoms with Crippen LogP contribution in [0.1, 0.15) is 28.8 Å². The van der Waals surface area contributed by atoms with E-state index < -0.39 is 17.5 Å². The number of rotatable bonds is 7. The van der Waals surface area contributed by atoms with E-state index in [1.54, 1.807) is 49.8 Å². The van der Waals surface area contributed by atoms with E-state index in [4.69, 9.17) is 4.74 Å². The second-order valence-corrected chi connectivity index (χ2v) is 9.63. The van der Waals surface area contributed by atoms with Gasteiger partial charge in [-0.15, -0.1) is 0 Å². The number of benzene rings is 2. The van der Waals surface area contributed by atoms with Crippen molar-refractivity contribution in [2.24, 2.45) is 0 Å². The van der Waals surface area contributed by atoms with Crippen LogP contribution in [0.2, 0.25) is 0 Å². The number of aromatic hydroxyl groups is 1. The smallest absolute Gasteiger partial charge is 0.322 e. The third-order valence-electron chi connectivity index (χ3n) is 7.04. The van der Waals surface area contributed by atoms with Crippen molar-refractivity contribution in [3.8, 4) is 22.8 Å². The lowest BCUT2D eigenvalue weighted by Gasteiger charge is -2.27. The Labute approximate surface area is 217 Å². The first-order valence-corrected chi connectivity index (χ1v) is 12.2. The molecule has 1 saturated heterocycles. The fourth-order valence-corrected chi connectivity index (χ4v) is 4.79. The van der Waals surface area contributed by atoms with Crippen molar-refractivity contribution in [1.82, 2.24) is 25.5 Å². The number of hydrogen-bond donors (Lipinski definition) is 4. The number of imide groups is 1. The van der Waals surface area contributed by atoms with Gasteiger partial charge in [-0.1, -0.05) is 24.3 Å². The topological polar surface area (TPSA) is 135 Å². The van der Waals surface area contributed by atoms with Crippen LogP contribution in [0.15, 0.2) is 67.1 Å². The van der Waals surface area contributed by atoms with Crippen LogP contribution in [-0.2, 0) is 16.9 Å². The average Bonchev–Trinajstić information content (AvgIpc) is 3.63. The molecule has 0 spiro atoms. The summed E-state index contributed by atoms with van der Waals surface area (Å²) in [5.74, 6) is -0.132. The van der Waals surface area contributed by atoms with Gasteiger partial charge < -0.3 is 25.0 Å². The average molecular weight is 512 g/mol. The summed E-state index contributed by atoms with van der Waals surface area (Å²) in [5.41, 5.74) is 1.11.